The van der Waals surface area contributed by atoms with Crippen LogP contribution >= 0.6 is 0 Å². The Morgan fingerprint density at radius 1 is 1.16 bits per heavy atom. The molecule has 1 aromatic rings. The lowest BCUT2D eigenvalue weighted by molar-refractivity contribution is -0.128. The zero-order valence-electron chi connectivity index (χ0n) is 17.6. The lowest BCUT2D eigenvalue weighted by atomic mass is 9.56. The van der Waals surface area contributed by atoms with Crippen LogP contribution in [0.3, 0.4) is 0 Å². The van der Waals surface area contributed by atoms with Crippen molar-refractivity contribution in [3.05, 3.63) is 29.8 Å². The van der Waals surface area contributed by atoms with Gasteiger partial charge in [0.05, 0.1) is 5.54 Å². The van der Waals surface area contributed by atoms with Gasteiger partial charge in [0.25, 0.3) is 0 Å². The van der Waals surface area contributed by atoms with Crippen molar-refractivity contribution in [2.45, 2.75) is 54.5 Å². The molecule has 1 atom stereocenters. The lowest BCUT2D eigenvalue weighted by Crippen LogP contribution is -2.75. The number of benzene rings is 1. The number of halogens is 3. The third kappa shape index (κ3) is 3.91. The first kappa shape index (κ1) is 21.7. The zero-order chi connectivity index (χ0) is 22.7. The maximum Gasteiger partial charge on any atom is 0.475 e. The Labute approximate surface area is 187 Å². The highest BCUT2D eigenvalue weighted by Gasteiger charge is 2.56. The standard InChI is InChI=1S/C22H26F3N3O3S/c23-22(24,25)32(31)17-4-1-3-15(8-17)7-16-9-20(10-16)11-27(12-20)19(30)28-13-21(14-28)6-2-5-18(29)26-21/h1,3-4,8,16H,2,5-7,9-14H2,(H,26,29). The van der Waals surface area contributed by atoms with Gasteiger partial charge in [-0.3, -0.25) is 4.79 Å². The summed E-state index contributed by atoms with van der Waals surface area (Å²) in [6.07, 6.45) is 4.92. The molecule has 3 saturated heterocycles. The third-order valence-electron chi connectivity index (χ3n) is 7.33. The molecule has 32 heavy (non-hydrogen) atoms. The summed E-state index contributed by atoms with van der Waals surface area (Å²) in [5.41, 5.74) is -4.07. The fourth-order valence-electron chi connectivity index (χ4n) is 5.99. The molecule has 3 heterocycles. The predicted octanol–water partition coefficient (Wildman–Crippen LogP) is 3.04. The molecule has 4 aliphatic rings. The second kappa shape index (κ2) is 7.46. The summed E-state index contributed by atoms with van der Waals surface area (Å²) in [6.45, 7) is 2.60. The van der Waals surface area contributed by atoms with Crippen LogP contribution in [0.5, 0.6) is 0 Å². The summed E-state index contributed by atoms with van der Waals surface area (Å²) >= 11 is 0. The summed E-state index contributed by atoms with van der Waals surface area (Å²) in [4.78, 5) is 27.8. The van der Waals surface area contributed by atoms with Gasteiger partial charge < -0.3 is 15.1 Å². The number of carbonyl (C=O) groups is 2. The number of likely N-dealkylation sites (tertiary alicyclic amines) is 2. The van der Waals surface area contributed by atoms with E-state index < -0.39 is 16.3 Å². The number of nitrogens with one attached hydrogen (secondary N) is 1. The molecule has 0 radical (unpaired) electrons. The van der Waals surface area contributed by atoms with Crippen LogP contribution in [-0.4, -0.2) is 63.2 Å². The fourth-order valence-corrected chi connectivity index (χ4v) is 6.71. The number of piperidine rings is 1. The van der Waals surface area contributed by atoms with Crippen molar-refractivity contribution in [3.63, 3.8) is 0 Å². The van der Waals surface area contributed by atoms with Crippen LogP contribution in [-0.2, 0) is 22.0 Å². The van der Waals surface area contributed by atoms with E-state index in [2.05, 4.69) is 5.32 Å². The Balaban J connectivity index is 1.08. The van der Waals surface area contributed by atoms with E-state index in [4.69, 9.17) is 0 Å². The summed E-state index contributed by atoms with van der Waals surface area (Å²) in [5.74, 6) is 0.438. The van der Waals surface area contributed by atoms with Gasteiger partial charge in [0.2, 0.25) is 5.91 Å². The van der Waals surface area contributed by atoms with E-state index in [0.29, 0.717) is 31.8 Å². The molecule has 1 N–H and O–H groups in total. The van der Waals surface area contributed by atoms with Gasteiger partial charge in [-0.05, 0) is 55.7 Å². The molecule has 1 aromatic carbocycles. The molecule has 1 aliphatic carbocycles. The molecule has 10 heteroatoms. The van der Waals surface area contributed by atoms with Crippen molar-refractivity contribution in [1.82, 2.24) is 15.1 Å². The molecule has 174 valence electrons. The van der Waals surface area contributed by atoms with Crippen molar-refractivity contribution in [2.75, 3.05) is 26.2 Å². The third-order valence-corrected chi connectivity index (χ3v) is 8.44. The quantitative estimate of drug-likeness (QED) is 0.740. The monoisotopic (exact) mass is 469 g/mol. The highest BCUT2D eigenvalue weighted by atomic mass is 32.2. The van der Waals surface area contributed by atoms with E-state index in [-0.39, 0.29) is 27.8 Å². The summed E-state index contributed by atoms with van der Waals surface area (Å²) in [6, 6.07) is 5.99. The minimum atomic E-state index is -4.75. The van der Waals surface area contributed by atoms with Gasteiger partial charge in [0, 0.05) is 42.9 Å². The first-order valence-corrected chi connectivity index (χ1v) is 12.1. The topological polar surface area (TPSA) is 69.7 Å². The maximum atomic E-state index is 12.7. The molecule has 3 amide bonds. The van der Waals surface area contributed by atoms with Crippen LogP contribution in [0.15, 0.2) is 29.2 Å². The molecule has 0 aromatic heterocycles. The highest BCUT2D eigenvalue weighted by molar-refractivity contribution is 7.86. The second-order valence-corrected chi connectivity index (χ2v) is 11.5. The van der Waals surface area contributed by atoms with Crippen LogP contribution < -0.4 is 5.32 Å². The van der Waals surface area contributed by atoms with Crippen LogP contribution in [0.2, 0.25) is 0 Å². The fraction of sp³-hybridized carbons (Fsp3) is 0.636. The average molecular weight is 470 g/mol. The minimum Gasteiger partial charge on any atom is -0.347 e. The zero-order valence-corrected chi connectivity index (χ0v) is 18.4. The van der Waals surface area contributed by atoms with E-state index in [1.165, 1.54) is 18.2 Å². The largest absolute Gasteiger partial charge is 0.475 e. The number of hydrogen-bond acceptors (Lipinski definition) is 3. The van der Waals surface area contributed by atoms with E-state index in [0.717, 1.165) is 44.3 Å². The predicted molar refractivity (Wildman–Crippen MR) is 111 cm³/mol. The minimum absolute atomic E-state index is 0.0341. The van der Waals surface area contributed by atoms with Gasteiger partial charge in [-0.2, -0.15) is 13.2 Å². The average Bonchev–Trinajstić information content (AvgIpc) is 2.65. The summed E-state index contributed by atoms with van der Waals surface area (Å²) in [7, 11) is -3.00. The normalized spacial score (nSPS) is 25.0. The number of carbonyl (C=O) groups excluding carboxylic acids is 2. The maximum absolute atomic E-state index is 12.7. The summed E-state index contributed by atoms with van der Waals surface area (Å²) < 4.78 is 49.7. The number of nitrogens with zero attached hydrogens (tertiary/aromatic N) is 2. The second-order valence-electron chi connectivity index (χ2n) is 10.0. The van der Waals surface area contributed by atoms with Crippen molar-refractivity contribution >= 4 is 22.7 Å². The molecular formula is C22H26F3N3O3S. The van der Waals surface area contributed by atoms with E-state index >= 15 is 0 Å². The van der Waals surface area contributed by atoms with Gasteiger partial charge in [-0.1, -0.05) is 12.1 Å². The van der Waals surface area contributed by atoms with Crippen LogP contribution in [0, 0.1) is 11.3 Å². The number of hydrogen-bond donors (Lipinski definition) is 1. The molecule has 6 nitrogen and oxygen atoms in total. The molecule has 1 saturated carbocycles. The van der Waals surface area contributed by atoms with Gasteiger partial charge in [-0.15, -0.1) is 0 Å². The van der Waals surface area contributed by atoms with Crippen LogP contribution in [0.1, 0.15) is 37.7 Å². The molecular weight excluding hydrogens is 443 g/mol. The van der Waals surface area contributed by atoms with Gasteiger partial charge in [0.15, 0.2) is 10.8 Å². The Hall–Kier alpha value is -2.10. The summed E-state index contributed by atoms with van der Waals surface area (Å²) in [5, 5.41) is 3.04. The Kier molecular flexibility index (Phi) is 5.07. The lowest BCUT2D eigenvalue weighted by Gasteiger charge is -2.61. The van der Waals surface area contributed by atoms with Crippen molar-refractivity contribution < 1.29 is 27.0 Å². The van der Waals surface area contributed by atoms with Crippen molar-refractivity contribution in [1.29, 1.82) is 0 Å². The number of rotatable bonds is 3. The molecule has 0 bridgehead atoms. The number of alkyl halides is 3. The van der Waals surface area contributed by atoms with Crippen LogP contribution in [0.4, 0.5) is 18.0 Å². The Morgan fingerprint density at radius 3 is 2.50 bits per heavy atom. The van der Waals surface area contributed by atoms with E-state index in [1.807, 2.05) is 4.90 Å². The molecule has 3 aliphatic heterocycles. The first-order valence-electron chi connectivity index (χ1n) is 11.0. The van der Waals surface area contributed by atoms with Crippen molar-refractivity contribution in [3.8, 4) is 0 Å². The highest BCUT2D eigenvalue weighted by Crippen LogP contribution is 2.53. The molecule has 1 unspecified atom stereocenters. The SMILES string of the molecule is O=C1CCCC2(CN(C(=O)N3CC4(CC(Cc5cccc(S(=O)C(F)(F)F)c5)C4)C3)C2)N1. The van der Waals surface area contributed by atoms with Gasteiger partial charge in [0.1, 0.15) is 0 Å². The smallest absolute Gasteiger partial charge is 0.347 e. The molecule has 4 fully saturated rings. The van der Waals surface area contributed by atoms with Gasteiger partial charge in [-0.25, -0.2) is 9.00 Å². The van der Waals surface area contributed by atoms with Gasteiger partial charge >= 0.3 is 11.5 Å². The number of amides is 3. The molecule has 2 spiro atoms. The van der Waals surface area contributed by atoms with Crippen molar-refractivity contribution in [2.24, 2.45) is 11.3 Å². The Bertz CT molecular complexity index is 963. The van der Waals surface area contributed by atoms with E-state index in [1.54, 1.807) is 11.0 Å². The molecule has 5 rings (SSSR count). The Morgan fingerprint density at radius 2 is 1.84 bits per heavy atom. The number of urea groups is 1. The first-order chi connectivity index (χ1) is 15.1. The van der Waals surface area contributed by atoms with E-state index in [9.17, 15) is 27.0 Å². The van der Waals surface area contributed by atoms with Crippen LogP contribution in [0.25, 0.3) is 0 Å².